The van der Waals surface area contributed by atoms with Gasteiger partial charge in [0.25, 0.3) is 0 Å². The SMILES string of the molecule is CCCNC(=O)CCn1c(CCl)nc2c(C)nn(C)c21. The third kappa shape index (κ3) is 2.80. The van der Waals surface area contributed by atoms with Crippen LogP contribution in [0.4, 0.5) is 0 Å². The molecule has 1 N–H and O–H groups in total. The first-order chi connectivity index (χ1) is 9.58. The Morgan fingerprint density at radius 3 is 2.85 bits per heavy atom. The molecule has 0 saturated carbocycles. The monoisotopic (exact) mass is 297 g/mol. The van der Waals surface area contributed by atoms with Crippen LogP contribution in [-0.2, 0) is 24.3 Å². The Morgan fingerprint density at radius 2 is 2.20 bits per heavy atom. The highest BCUT2D eigenvalue weighted by Gasteiger charge is 2.17. The molecule has 2 aromatic rings. The van der Waals surface area contributed by atoms with Crippen molar-refractivity contribution in [3.8, 4) is 0 Å². The number of aromatic nitrogens is 4. The van der Waals surface area contributed by atoms with E-state index in [1.54, 1.807) is 4.68 Å². The molecule has 0 saturated heterocycles. The fraction of sp³-hybridized carbons (Fsp3) is 0.615. The molecule has 0 atom stereocenters. The van der Waals surface area contributed by atoms with Crippen molar-refractivity contribution in [2.75, 3.05) is 6.54 Å². The number of hydrogen-bond acceptors (Lipinski definition) is 3. The highest BCUT2D eigenvalue weighted by atomic mass is 35.5. The second-order valence-corrected chi connectivity index (χ2v) is 5.06. The summed E-state index contributed by atoms with van der Waals surface area (Å²) >= 11 is 5.95. The molecule has 1 amide bonds. The van der Waals surface area contributed by atoms with Crippen LogP contribution in [0.25, 0.3) is 11.2 Å². The number of fused-ring (bicyclic) bond motifs is 1. The fourth-order valence-electron chi connectivity index (χ4n) is 2.28. The molecule has 2 rings (SSSR count). The van der Waals surface area contributed by atoms with Gasteiger partial charge in [0.15, 0.2) is 5.65 Å². The summed E-state index contributed by atoms with van der Waals surface area (Å²) in [4.78, 5) is 16.2. The van der Waals surface area contributed by atoms with Crippen LogP contribution in [0.1, 0.15) is 31.3 Å². The molecule has 6 nitrogen and oxygen atoms in total. The van der Waals surface area contributed by atoms with Crippen LogP contribution in [0.2, 0.25) is 0 Å². The minimum Gasteiger partial charge on any atom is -0.356 e. The average molecular weight is 298 g/mol. The lowest BCUT2D eigenvalue weighted by Gasteiger charge is -2.08. The van der Waals surface area contributed by atoms with Gasteiger partial charge in [-0.25, -0.2) is 4.98 Å². The Hall–Kier alpha value is -1.56. The van der Waals surface area contributed by atoms with E-state index in [0.29, 0.717) is 25.4 Å². The Morgan fingerprint density at radius 1 is 1.45 bits per heavy atom. The molecule has 0 aliphatic carbocycles. The van der Waals surface area contributed by atoms with Crippen molar-refractivity contribution in [3.63, 3.8) is 0 Å². The number of alkyl halides is 1. The van der Waals surface area contributed by atoms with Gasteiger partial charge in [-0.05, 0) is 13.3 Å². The summed E-state index contributed by atoms with van der Waals surface area (Å²) in [6.07, 6.45) is 1.36. The molecule has 0 bridgehead atoms. The van der Waals surface area contributed by atoms with Crippen molar-refractivity contribution in [3.05, 3.63) is 11.5 Å². The van der Waals surface area contributed by atoms with E-state index in [1.165, 1.54) is 0 Å². The molecule has 0 aliphatic rings. The van der Waals surface area contributed by atoms with Gasteiger partial charge in [-0.15, -0.1) is 11.6 Å². The highest BCUT2D eigenvalue weighted by Crippen LogP contribution is 2.20. The molecule has 0 radical (unpaired) electrons. The molecule has 110 valence electrons. The number of amides is 1. The Labute approximate surface area is 123 Å². The second kappa shape index (κ2) is 6.26. The highest BCUT2D eigenvalue weighted by molar-refractivity contribution is 6.16. The third-order valence-corrected chi connectivity index (χ3v) is 3.46. The summed E-state index contributed by atoms with van der Waals surface area (Å²) in [5.74, 6) is 1.15. The number of imidazole rings is 1. The molecule has 20 heavy (non-hydrogen) atoms. The Kier molecular flexibility index (Phi) is 4.65. The van der Waals surface area contributed by atoms with Gasteiger partial charge in [0, 0.05) is 26.6 Å². The van der Waals surface area contributed by atoms with Crippen LogP contribution in [0, 0.1) is 6.92 Å². The number of rotatable bonds is 6. The summed E-state index contributed by atoms with van der Waals surface area (Å²) in [7, 11) is 1.88. The van der Waals surface area contributed by atoms with Crippen molar-refractivity contribution in [2.45, 2.75) is 39.1 Å². The van der Waals surface area contributed by atoms with Crippen LogP contribution in [0.3, 0.4) is 0 Å². The molecular formula is C13H20ClN5O. The fourth-order valence-corrected chi connectivity index (χ4v) is 2.49. The zero-order valence-corrected chi connectivity index (χ0v) is 12.9. The molecule has 2 heterocycles. The van der Waals surface area contributed by atoms with Gasteiger partial charge in [-0.1, -0.05) is 6.92 Å². The van der Waals surface area contributed by atoms with Gasteiger partial charge in [-0.2, -0.15) is 5.10 Å². The molecular weight excluding hydrogens is 278 g/mol. The van der Waals surface area contributed by atoms with Gasteiger partial charge in [-0.3, -0.25) is 9.48 Å². The van der Waals surface area contributed by atoms with E-state index in [0.717, 1.165) is 29.1 Å². The minimum atomic E-state index is 0.0492. The summed E-state index contributed by atoms with van der Waals surface area (Å²) in [6.45, 7) is 5.23. The van der Waals surface area contributed by atoms with Crippen LogP contribution in [-0.4, -0.2) is 31.8 Å². The first-order valence-electron chi connectivity index (χ1n) is 6.79. The van der Waals surface area contributed by atoms with Crippen LogP contribution >= 0.6 is 11.6 Å². The standard InChI is InChI=1S/C13H20ClN5O/c1-4-6-15-11(20)5-7-19-10(8-14)16-12-9(2)17-18(3)13(12)19/h4-8H2,1-3H3,(H,15,20). The quantitative estimate of drug-likeness (QED) is 0.826. The van der Waals surface area contributed by atoms with Crippen molar-refractivity contribution >= 4 is 28.7 Å². The van der Waals surface area contributed by atoms with E-state index in [9.17, 15) is 4.79 Å². The Balaban J connectivity index is 2.22. The summed E-state index contributed by atoms with van der Waals surface area (Å²) < 4.78 is 3.77. The van der Waals surface area contributed by atoms with E-state index < -0.39 is 0 Å². The van der Waals surface area contributed by atoms with Crippen LogP contribution in [0.5, 0.6) is 0 Å². The van der Waals surface area contributed by atoms with Crippen molar-refractivity contribution in [1.82, 2.24) is 24.6 Å². The first-order valence-corrected chi connectivity index (χ1v) is 7.33. The normalized spacial score (nSPS) is 11.2. The summed E-state index contributed by atoms with van der Waals surface area (Å²) in [6, 6.07) is 0. The largest absolute Gasteiger partial charge is 0.356 e. The molecule has 7 heteroatoms. The number of carbonyl (C=O) groups excluding carboxylic acids is 1. The van der Waals surface area contributed by atoms with Gasteiger partial charge in [0.2, 0.25) is 5.91 Å². The predicted octanol–water partition coefficient (Wildman–Crippen LogP) is 1.73. The predicted molar refractivity (Wildman–Crippen MR) is 78.7 cm³/mol. The molecule has 0 unspecified atom stereocenters. The second-order valence-electron chi connectivity index (χ2n) is 4.79. The van der Waals surface area contributed by atoms with E-state index >= 15 is 0 Å². The lowest BCUT2D eigenvalue weighted by molar-refractivity contribution is -0.121. The Bertz CT molecular complexity index is 616. The number of nitrogens with one attached hydrogen (secondary N) is 1. The summed E-state index contributed by atoms with van der Waals surface area (Å²) in [5, 5.41) is 7.22. The van der Waals surface area contributed by atoms with Gasteiger partial charge in [0.05, 0.1) is 11.6 Å². The van der Waals surface area contributed by atoms with E-state index in [4.69, 9.17) is 11.6 Å². The topological polar surface area (TPSA) is 64.7 Å². The van der Waals surface area contributed by atoms with Crippen molar-refractivity contribution < 1.29 is 4.79 Å². The van der Waals surface area contributed by atoms with Crippen molar-refractivity contribution in [2.24, 2.45) is 7.05 Å². The first kappa shape index (κ1) is 14.8. The third-order valence-electron chi connectivity index (χ3n) is 3.22. The lowest BCUT2D eigenvalue weighted by atomic mass is 10.3. The number of aryl methyl sites for hydroxylation is 3. The minimum absolute atomic E-state index is 0.0492. The van der Waals surface area contributed by atoms with Gasteiger partial charge < -0.3 is 9.88 Å². The van der Waals surface area contributed by atoms with Crippen LogP contribution in [0.15, 0.2) is 0 Å². The lowest BCUT2D eigenvalue weighted by Crippen LogP contribution is -2.25. The smallest absolute Gasteiger partial charge is 0.221 e. The van der Waals surface area contributed by atoms with Gasteiger partial charge in [0.1, 0.15) is 11.3 Å². The van der Waals surface area contributed by atoms with Crippen molar-refractivity contribution in [1.29, 1.82) is 0 Å². The maximum absolute atomic E-state index is 11.7. The zero-order chi connectivity index (χ0) is 14.7. The molecule has 0 aromatic carbocycles. The molecule has 2 aromatic heterocycles. The molecule has 0 spiro atoms. The maximum Gasteiger partial charge on any atom is 0.221 e. The maximum atomic E-state index is 11.7. The van der Waals surface area contributed by atoms with E-state index in [2.05, 4.69) is 15.4 Å². The number of halogens is 1. The average Bonchev–Trinajstić information content (AvgIpc) is 2.93. The van der Waals surface area contributed by atoms with Gasteiger partial charge >= 0.3 is 0 Å². The molecule has 0 fully saturated rings. The zero-order valence-electron chi connectivity index (χ0n) is 12.1. The number of nitrogens with zero attached hydrogens (tertiary/aromatic N) is 4. The van der Waals surface area contributed by atoms with Crippen LogP contribution < -0.4 is 5.32 Å². The van der Waals surface area contributed by atoms with E-state index in [1.807, 2.05) is 25.5 Å². The molecule has 0 aliphatic heterocycles. The summed E-state index contributed by atoms with van der Waals surface area (Å²) in [5.41, 5.74) is 2.65. The van der Waals surface area contributed by atoms with E-state index in [-0.39, 0.29) is 5.91 Å². The number of carbonyl (C=O) groups is 1. The number of hydrogen-bond donors (Lipinski definition) is 1.